The fraction of sp³-hybridized carbons (Fsp3) is 0.448. The number of hydrogen-bond acceptors (Lipinski definition) is 6. The summed E-state index contributed by atoms with van der Waals surface area (Å²) >= 11 is 0. The maximum Gasteiger partial charge on any atom is 0.309 e. The molecule has 0 amide bonds. The zero-order valence-electron chi connectivity index (χ0n) is 21.9. The van der Waals surface area contributed by atoms with E-state index in [0.717, 1.165) is 17.5 Å². The molecule has 0 bridgehead atoms. The highest BCUT2D eigenvalue weighted by Crippen LogP contribution is 2.40. The van der Waals surface area contributed by atoms with Gasteiger partial charge in [-0.1, -0.05) is 0 Å². The second kappa shape index (κ2) is 12.3. The van der Waals surface area contributed by atoms with Crippen LogP contribution in [0.15, 0.2) is 36.5 Å². The highest BCUT2D eigenvalue weighted by Gasteiger charge is 2.41. The number of halogens is 3. The van der Waals surface area contributed by atoms with Gasteiger partial charge in [0, 0.05) is 18.1 Å². The Kier molecular flexibility index (Phi) is 9.09. The Balaban J connectivity index is 1.38. The molecule has 210 valence electrons. The number of ether oxygens (including phenoxy) is 1. The minimum atomic E-state index is -1.47. The van der Waals surface area contributed by atoms with Crippen LogP contribution in [0.1, 0.15) is 54.9 Å². The van der Waals surface area contributed by atoms with Crippen LogP contribution >= 0.6 is 0 Å². The third-order valence-electron chi connectivity index (χ3n) is 7.90. The van der Waals surface area contributed by atoms with Gasteiger partial charge in [-0.05, 0) is 105 Å². The smallest absolute Gasteiger partial charge is 0.309 e. The van der Waals surface area contributed by atoms with E-state index >= 15 is 0 Å². The Morgan fingerprint density at radius 3 is 2.49 bits per heavy atom. The number of piperidine rings is 1. The molecule has 0 spiro atoms. The van der Waals surface area contributed by atoms with Crippen LogP contribution in [0.25, 0.3) is 10.9 Å². The summed E-state index contributed by atoms with van der Waals surface area (Å²) in [4.78, 5) is 18.9. The van der Waals surface area contributed by atoms with Crippen LogP contribution < -0.4 is 10.5 Å². The number of aliphatic hydroxyl groups excluding tert-OH is 1. The van der Waals surface area contributed by atoms with Gasteiger partial charge in [0.2, 0.25) is 0 Å². The molecule has 0 saturated carbocycles. The molecule has 1 aromatic heterocycles. The van der Waals surface area contributed by atoms with Crippen molar-refractivity contribution in [2.24, 2.45) is 11.1 Å². The van der Waals surface area contributed by atoms with E-state index in [0.29, 0.717) is 79.7 Å². The number of carboxylic acid groups (broad SMARTS) is 1. The second-order valence-electron chi connectivity index (χ2n) is 10.2. The monoisotopic (exact) mass is 545 g/mol. The molecule has 0 unspecified atom stereocenters. The van der Waals surface area contributed by atoms with Gasteiger partial charge in [-0.25, -0.2) is 13.2 Å². The summed E-state index contributed by atoms with van der Waals surface area (Å²) in [5, 5.41) is 22.1. The zero-order chi connectivity index (χ0) is 28.2. The molecule has 0 aliphatic carbocycles. The normalized spacial score (nSPS) is 16.4. The van der Waals surface area contributed by atoms with E-state index in [1.165, 1.54) is 0 Å². The van der Waals surface area contributed by atoms with E-state index in [1.54, 1.807) is 25.4 Å². The first-order valence-electron chi connectivity index (χ1n) is 13.1. The maximum absolute atomic E-state index is 13.5. The van der Waals surface area contributed by atoms with Gasteiger partial charge in [0.05, 0.1) is 24.1 Å². The predicted octanol–water partition coefficient (Wildman–Crippen LogP) is 4.73. The van der Waals surface area contributed by atoms with Crippen molar-refractivity contribution in [1.82, 2.24) is 9.88 Å². The van der Waals surface area contributed by atoms with Crippen LogP contribution in [0.2, 0.25) is 0 Å². The van der Waals surface area contributed by atoms with Gasteiger partial charge in [0.25, 0.3) is 0 Å². The SMILES string of the molecule is COc1ccc2ncc(CN)c([C@H](O)CCC3(C(=O)O)CCN(CCCc4cc(F)c(F)c(F)c4)CC3)c2c1. The zero-order valence-corrected chi connectivity index (χ0v) is 21.9. The Bertz CT molecular complexity index is 1300. The summed E-state index contributed by atoms with van der Waals surface area (Å²) in [6.45, 7) is 1.92. The van der Waals surface area contributed by atoms with Gasteiger partial charge in [-0.2, -0.15) is 0 Å². The number of pyridine rings is 1. The molecule has 7 nitrogen and oxygen atoms in total. The Morgan fingerprint density at radius 1 is 1.18 bits per heavy atom. The summed E-state index contributed by atoms with van der Waals surface area (Å²) in [6.07, 6.45) is 3.09. The van der Waals surface area contributed by atoms with Crippen LogP contribution in [-0.2, 0) is 17.8 Å². The van der Waals surface area contributed by atoms with Gasteiger partial charge in [-0.15, -0.1) is 0 Å². The first-order valence-corrected chi connectivity index (χ1v) is 13.1. The summed E-state index contributed by atoms with van der Waals surface area (Å²) in [5.41, 5.74) is 7.39. The highest BCUT2D eigenvalue weighted by molar-refractivity contribution is 5.85. The summed E-state index contributed by atoms with van der Waals surface area (Å²) in [5.74, 6) is -4.13. The van der Waals surface area contributed by atoms with Crippen LogP contribution in [0.5, 0.6) is 5.75 Å². The van der Waals surface area contributed by atoms with E-state index < -0.39 is 34.9 Å². The third kappa shape index (κ3) is 6.34. The number of aromatic nitrogens is 1. The van der Waals surface area contributed by atoms with Crippen LogP contribution in [0.3, 0.4) is 0 Å². The van der Waals surface area contributed by atoms with E-state index in [-0.39, 0.29) is 13.0 Å². The number of benzene rings is 2. The van der Waals surface area contributed by atoms with Crippen LogP contribution in [0, 0.1) is 22.9 Å². The van der Waals surface area contributed by atoms with E-state index in [4.69, 9.17) is 10.5 Å². The van der Waals surface area contributed by atoms with Crippen molar-refractivity contribution in [1.29, 1.82) is 0 Å². The molecule has 1 atom stereocenters. The molecule has 3 aromatic rings. The quantitative estimate of drug-likeness (QED) is 0.299. The Hall–Kier alpha value is -3.21. The number of carboxylic acids is 1. The molecule has 4 rings (SSSR count). The number of carbonyl (C=O) groups is 1. The number of aliphatic carboxylic acids is 1. The van der Waals surface area contributed by atoms with Crippen molar-refractivity contribution in [3.63, 3.8) is 0 Å². The Morgan fingerprint density at radius 2 is 1.87 bits per heavy atom. The van der Waals surface area contributed by atoms with Gasteiger partial charge in [0.15, 0.2) is 17.5 Å². The first kappa shape index (κ1) is 28.8. The number of rotatable bonds is 11. The molecule has 1 aliphatic heterocycles. The minimum Gasteiger partial charge on any atom is -0.497 e. The van der Waals surface area contributed by atoms with Crippen LogP contribution in [0.4, 0.5) is 13.2 Å². The van der Waals surface area contributed by atoms with E-state index in [2.05, 4.69) is 9.88 Å². The number of methoxy groups -OCH3 is 1. The molecule has 2 heterocycles. The number of likely N-dealkylation sites (tertiary alicyclic amines) is 1. The summed E-state index contributed by atoms with van der Waals surface area (Å²) < 4.78 is 45.4. The number of aryl methyl sites for hydroxylation is 1. The fourth-order valence-corrected chi connectivity index (χ4v) is 5.51. The van der Waals surface area contributed by atoms with Gasteiger partial charge in [-0.3, -0.25) is 9.78 Å². The molecule has 1 aliphatic rings. The fourth-order valence-electron chi connectivity index (χ4n) is 5.51. The number of hydrogen-bond donors (Lipinski definition) is 3. The highest BCUT2D eigenvalue weighted by atomic mass is 19.2. The van der Waals surface area contributed by atoms with Gasteiger partial charge >= 0.3 is 5.97 Å². The lowest BCUT2D eigenvalue weighted by Crippen LogP contribution is -2.44. The molecule has 0 radical (unpaired) electrons. The van der Waals surface area contributed by atoms with E-state index in [9.17, 15) is 28.2 Å². The molecule has 39 heavy (non-hydrogen) atoms. The molecule has 2 aromatic carbocycles. The molecule has 1 saturated heterocycles. The lowest BCUT2D eigenvalue weighted by Gasteiger charge is -2.39. The summed E-state index contributed by atoms with van der Waals surface area (Å²) in [7, 11) is 1.56. The van der Waals surface area contributed by atoms with Crippen molar-refractivity contribution in [2.75, 3.05) is 26.7 Å². The lowest BCUT2D eigenvalue weighted by molar-refractivity contribution is -0.153. The predicted molar refractivity (Wildman–Crippen MR) is 141 cm³/mol. The van der Waals surface area contributed by atoms with E-state index in [1.807, 2.05) is 6.07 Å². The number of nitrogens with two attached hydrogens (primary N) is 1. The third-order valence-corrected chi connectivity index (χ3v) is 7.90. The van der Waals surface area contributed by atoms with Crippen LogP contribution in [-0.4, -0.2) is 52.8 Å². The second-order valence-corrected chi connectivity index (χ2v) is 10.2. The minimum absolute atomic E-state index is 0.183. The standard InChI is InChI=1S/C29H34F3N3O4/c1-39-20-4-5-24-21(15-20)26(19(16-33)17-34-24)25(36)6-7-29(28(37)38)8-11-35(12-9-29)10-2-3-18-13-22(30)27(32)23(31)14-18/h4-5,13-15,17,25,36H,2-3,6-12,16,33H2,1H3,(H,37,38)/t25-/m1/s1. The number of nitrogens with zero attached hydrogens (tertiary/aromatic N) is 2. The Labute approximate surface area is 225 Å². The van der Waals surface area contributed by atoms with Crippen molar-refractivity contribution in [3.8, 4) is 5.75 Å². The number of aliphatic hydroxyl groups is 1. The molecular weight excluding hydrogens is 511 g/mol. The lowest BCUT2D eigenvalue weighted by atomic mass is 9.73. The number of fused-ring (bicyclic) bond motifs is 1. The molecule has 4 N–H and O–H groups in total. The average molecular weight is 546 g/mol. The first-order chi connectivity index (χ1) is 18.7. The van der Waals surface area contributed by atoms with Crippen molar-refractivity contribution >= 4 is 16.9 Å². The molecular formula is C29H34F3N3O4. The largest absolute Gasteiger partial charge is 0.497 e. The molecule has 10 heteroatoms. The average Bonchev–Trinajstić information content (AvgIpc) is 2.94. The van der Waals surface area contributed by atoms with Crippen molar-refractivity contribution < 1.29 is 32.9 Å². The topological polar surface area (TPSA) is 109 Å². The van der Waals surface area contributed by atoms with Gasteiger partial charge in [0.1, 0.15) is 5.75 Å². The van der Waals surface area contributed by atoms with Gasteiger partial charge < -0.3 is 25.6 Å². The molecule has 1 fully saturated rings. The van der Waals surface area contributed by atoms with Crippen molar-refractivity contribution in [3.05, 3.63) is 70.7 Å². The summed E-state index contributed by atoms with van der Waals surface area (Å²) in [6, 6.07) is 7.42. The van der Waals surface area contributed by atoms with Crippen molar-refractivity contribution in [2.45, 2.75) is 51.2 Å². The maximum atomic E-state index is 13.5.